The van der Waals surface area contributed by atoms with E-state index in [-0.39, 0.29) is 0 Å². The van der Waals surface area contributed by atoms with Crippen LogP contribution in [-0.4, -0.2) is 0 Å². The highest BCUT2D eigenvalue weighted by Crippen LogP contribution is 2.65. The Labute approximate surface area is 216 Å². The van der Waals surface area contributed by atoms with E-state index in [4.69, 9.17) is 4.74 Å². The Morgan fingerprint density at radius 3 is 1.78 bits per heavy atom. The van der Waals surface area contributed by atoms with Crippen molar-refractivity contribution in [3.05, 3.63) is 173 Å². The highest BCUT2D eigenvalue weighted by Gasteiger charge is 2.61. The lowest BCUT2D eigenvalue weighted by Crippen LogP contribution is -2.28. The molecule has 0 unspecified atom stereocenters. The van der Waals surface area contributed by atoms with E-state index in [1.807, 2.05) is 0 Å². The zero-order valence-corrected chi connectivity index (χ0v) is 20.5. The predicted octanol–water partition coefficient (Wildman–Crippen LogP) is 8.45. The fourth-order valence-electron chi connectivity index (χ4n) is 5.76. The molecule has 5 aromatic rings. The number of ether oxygens (including phenoxy) is 1. The van der Waals surface area contributed by atoms with Gasteiger partial charge in [-0.25, -0.2) is 0 Å². The fraction of sp³-hybridized carbons (Fsp3) is 0.0588. The van der Waals surface area contributed by atoms with Crippen LogP contribution < -0.4 is 0 Å². The van der Waals surface area contributed by atoms with Crippen LogP contribution in [0.25, 0.3) is 5.57 Å². The predicted molar refractivity (Wildman–Crippen MR) is 147 cm³/mol. The number of hydrogen-bond donors (Lipinski definition) is 0. The van der Waals surface area contributed by atoms with Crippen molar-refractivity contribution in [2.24, 2.45) is 0 Å². The van der Waals surface area contributed by atoms with Crippen molar-refractivity contribution in [2.75, 3.05) is 0 Å². The monoisotopic (exact) mass is 480 g/mol. The Balaban J connectivity index is 1.51. The average Bonchev–Trinajstić information content (AvgIpc) is 3.47. The highest BCUT2D eigenvalue weighted by atomic mass is 32.2. The minimum absolute atomic E-state index is 0.645. The van der Waals surface area contributed by atoms with Gasteiger partial charge in [-0.3, -0.25) is 0 Å². The molecule has 36 heavy (non-hydrogen) atoms. The molecule has 2 heteroatoms. The SMILES string of the molecule is C1=C(c2ccccc2Sc2ccccc2)[C@]2(c3ccccc3)O[C@@]1(c1ccccc1)c1ccccc12. The summed E-state index contributed by atoms with van der Waals surface area (Å²) in [6.07, 6.45) is 2.38. The maximum absolute atomic E-state index is 7.36. The van der Waals surface area contributed by atoms with Crippen LogP contribution >= 0.6 is 11.8 Å². The second-order valence-electron chi connectivity index (χ2n) is 9.27. The molecule has 0 aliphatic carbocycles. The zero-order valence-electron chi connectivity index (χ0n) is 19.7. The summed E-state index contributed by atoms with van der Waals surface area (Å²) in [5.74, 6) is 0. The molecule has 5 aromatic carbocycles. The minimum Gasteiger partial charge on any atom is -0.341 e. The smallest absolute Gasteiger partial charge is 0.146 e. The first kappa shape index (κ1) is 21.4. The minimum atomic E-state index is -0.693. The van der Waals surface area contributed by atoms with Crippen molar-refractivity contribution in [1.29, 1.82) is 0 Å². The maximum atomic E-state index is 7.36. The molecule has 0 amide bonds. The average molecular weight is 481 g/mol. The quantitative estimate of drug-likeness (QED) is 0.250. The molecule has 0 saturated heterocycles. The van der Waals surface area contributed by atoms with Crippen LogP contribution in [0.2, 0.25) is 0 Å². The standard InChI is InChI=1S/C34H24OS/c1-4-14-25(15-5-1)33-24-31(28-20-10-13-23-32(28)36-27-18-8-3-9-19-27)34(35-33,26-16-6-2-7-17-26)30-22-12-11-21-29(30)33/h1-24H/t33-,34+/m0/s1. The molecule has 0 spiro atoms. The van der Waals surface area contributed by atoms with Crippen molar-refractivity contribution in [2.45, 2.75) is 21.0 Å². The van der Waals surface area contributed by atoms with E-state index in [0.29, 0.717) is 0 Å². The summed E-state index contributed by atoms with van der Waals surface area (Å²) in [5, 5.41) is 0. The summed E-state index contributed by atoms with van der Waals surface area (Å²) >= 11 is 1.80. The molecular formula is C34H24OS. The molecule has 2 heterocycles. The lowest BCUT2D eigenvalue weighted by molar-refractivity contribution is -0.0198. The summed E-state index contributed by atoms with van der Waals surface area (Å²) in [5.41, 5.74) is 5.82. The number of benzene rings is 5. The van der Waals surface area contributed by atoms with Gasteiger partial charge in [-0.05, 0) is 52.1 Å². The van der Waals surface area contributed by atoms with E-state index in [2.05, 4.69) is 146 Å². The molecule has 0 aromatic heterocycles. The van der Waals surface area contributed by atoms with Crippen LogP contribution in [-0.2, 0) is 15.9 Å². The number of rotatable bonds is 5. The van der Waals surface area contributed by atoms with Crippen molar-refractivity contribution in [3.63, 3.8) is 0 Å². The van der Waals surface area contributed by atoms with E-state index in [9.17, 15) is 0 Å². The molecule has 0 saturated carbocycles. The molecule has 172 valence electrons. The van der Waals surface area contributed by atoms with Gasteiger partial charge in [0.05, 0.1) is 0 Å². The summed E-state index contributed by atoms with van der Waals surface area (Å²) in [6, 6.07) is 49.4. The van der Waals surface area contributed by atoms with Crippen LogP contribution in [0.15, 0.2) is 155 Å². The lowest BCUT2D eigenvalue weighted by Gasteiger charge is -2.32. The molecule has 2 bridgehead atoms. The molecule has 2 aliphatic rings. The second-order valence-corrected chi connectivity index (χ2v) is 10.4. The molecule has 1 nitrogen and oxygen atoms in total. The van der Waals surface area contributed by atoms with Gasteiger partial charge < -0.3 is 4.74 Å². The van der Waals surface area contributed by atoms with E-state index >= 15 is 0 Å². The molecule has 0 radical (unpaired) electrons. The van der Waals surface area contributed by atoms with Crippen LogP contribution in [0.4, 0.5) is 0 Å². The van der Waals surface area contributed by atoms with Gasteiger partial charge in [-0.2, -0.15) is 0 Å². The van der Waals surface area contributed by atoms with Crippen LogP contribution in [0, 0.1) is 0 Å². The van der Waals surface area contributed by atoms with Gasteiger partial charge in [-0.15, -0.1) is 0 Å². The van der Waals surface area contributed by atoms with Crippen LogP contribution in [0.1, 0.15) is 27.8 Å². The zero-order chi connectivity index (χ0) is 24.0. The normalized spacial score (nSPS) is 21.7. The Kier molecular flexibility index (Phi) is 4.99. The first-order valence-electron chi connectivity index (χ1n) is 12.3. The fourth-order valence-corrected chi connectivity index (χ4v) is 6.75. The molecule has 2 atom stereocenters. The highest BCUT2D eigenvalue weighted by molar-refractivity contribution is 7.99. The van der Waals surface area contributed by atoms with Gasteiger partial charge in [0.15, 0.2) is 0 Å². The van der Waals surface area contributed by atoms with Gasteiger partial charge in [0, 0.05) is 15.4 Å². The summed E-state index contributed by atoms with van der Waals surface area (Å²) < 4.78 is 7.36. The summed E-state index contributed by atoms with van der Waals surface area (Å²) in [4.78, 5) is 2.45. The second kappa shape index (κ2) is 8.37. The number of hydrogen-bond acceptors (Lipinski definition) is 2. The summed E-state index contributed by atoms with van der Waals surface area (Å²) in [6.45, 7) is 0. The molecule has 0 N–H and O–H groups in total. The number of fused-ring (bicyclic) bond motifs is 5. The third-order valence-corrected chi connectivity index (χ3v) is 8.36. The van der Waals surface area contributed by atoms with Gasteiger partial charge in [0.25, 0.3) is 0 Å². The maximum Gasteiger partial charge on any atom is 0.146 e. The largest absolute Gasteiger partial charge is 0.341 e. The van der Waals surface area contributed by atoms with Crippen molar-refractivity contribution < 1.29 is 4.74 Å². The first-order valence-corrected chi connectivity index (χ1v) is 13.1. The van der Waals surface area contributed by atoms with Crippen LogP contribution in [0.3, 0.4) is 0 Å². The van der Waals surface area contributed by atoms with E-state index in [1.165, 1.54) is 32.1 Å². The van der Waals surface area contributed by atoms with Gasteiger partial charge in [-0.1, -0.05) is 133 Å². The third-order valence-electron chi connectivity index (χ3n) is 7.28. The van der Waals surface area contributed by atoms with Crippen LogP contribution in [0.5, 0.6) is 0 Å². The summed E-state index contributed by atoms with van der Waals surface area (Å²) in [7, 11) is 0. The van der Waals surface area contributed by atoms with E-state index in [0.717, 1.165) is 11.1 Å². The lowest BCUT2D eigenvalue weighted by atomic mass is 9.70. The van der Waals surface area contributed by atoms with Crippen molar-refractivity contribution in [1.82, 2.24) is 0 Å². The van der Waals surface area contributed by atoms with Crippen molar-refractivity contribution in [3.8, 4) is 0 Å². The first-order chi connectivity index (χ1) is 17.8. The topological polar surface area (TPSA) is 9.23 Å². The van der Waals surface area contributed by atoms with E-state index < -0.39 is 11.2 Å². The molecule has 2 aliphatic heterocycles. The van der Waals surface area contributed by atoms with Gasteiger partial charge in [0.2, 0.25) is 0 Å². The Bertz CT molecular complexity index is 1580. The van der Waals surface area contributed by atoms with Gasteiger partial charge in [0.1, 0.15) is 11.2 Å². The van der Waals surface area contributed by atoms with Crippen molar-refractivity contribution >= 4 is 17.3 Å². The van der Waals surface area contributed by atoms with Gasteiger partial charge >= 0.3 is 0 Å². The Morgan fingerprint density at radius 1 is 0.500 bits per heavy atom. The third kappa shape index (κ3) is 3.08. The Hall–Kier alpha value is -3.85. The van der Waals surface area contributed by atoms with E-state index in [1.54, 1.807) is 11.8 Å². The molecule has 0 fully saturated rings. The molecule has 7 rings (SSSR count). The Morgan fingerprint density at radius 2 is 1.06 bits per heavy atom. The molecular weight excluding hydrogens is 456 g/mol.